The quantitative estimate of drug-likeness (QED) is 0.864. The molecule has 1 atom stereocenters. The Morgan fingerprint density at radius 3 is 2.48 bits per heavy atom. The summed E-state index contributed by atoms with van der Waals surface area (Å²) in [5.41, 5.74) is 3.14. The van der Waals surface area contributed by atoms with Crippen molar-refractivity contribution in [3.05, 3.63) is 53.6 Å². The van der Waals surface area contributed by atoms with E-state index >= 15 is 0 Å². The van der Waals surface area contributed by atoms with Gasteiger partial charge in [-0.25, -0.2) is 9.97 Å². The van der Waals surface area contributed by atoms with Crippen LogP contribution in [0.1, 0.15) is 47.4 Å². The first-order valence-corrected chi connectivity index (χ1v) is 9.07. The minimum Gasteiger partial charge on any atom is -0.367 e. The summed E-state index contributed by atoms with van der Waals surface area (Å²) in [5, 5.41) is 0. The molecular formula is C20H24N4O. The van der Waals surface area contributed by atoms with Crippen molar-refractivity contribution in [2.24, 2.45) is 0 Å². The molecule has 0 radical (unpaired) electrons. The van der Waals surface area contributed by atoms with Gasteiger partial charge in [0.25, 0.3) is 5.91 Å². The number of hydrogen-bond acceptors (Lipinski definition) is 4. The molecule has 1 aliphatic carbocycles. The normalized spacial score (nSPS) is 20.6. The Morgan fingerprint density at radius 1 is 1.12 bits per heavy atom. The van der Waals surface area contributed by atoms with E-state index < -0.39 is 0 Å². The van der Waals surface area contributed by atoms with E-state index in [0.29, 0.717) is 11.5 Å². The monoisotopic (exact) mass is 336 g/mol. The Hall–Kier alpha value is -2.43. The Bertz CT molecular complexity index is 770. The number of rotatable bonds is 3. The predicted octanol–water partition coefficient (Wildman–Crippen LogP) is 3.01. The molecule has 1 saturated heterocycles. The second-order valence-corrected chi connectivity index (χ2v) is 7.18. The molecule has 2 aliphatic rings. The van der Waals surface area contributed by atoms with Gasteiger partial charge in [0.1, 0.15) is 5.82 Å². The molecule has 25 heavy (non-hydrogen) atoms. The topological polar surface area (TPSA) is 49.3 Å². The zero-order valence-electron chi connectivity index (χ0n) is 14.9. The lowest BCUT2D eigenvalue weighted by Crippen LogP contribution is -2.54. The number of nitrogens with zero attached hydrogens (tertiary/aromatic N) is 4. The molecule has 1 amide bonds. The number of carbonyl (C=O) groups excluding carboxylic acids is 1. The lowest BCUT2D eigenvalue weighted by atomic mass is 10.1. The number of para-hydroxylation sites is 1. The molecule has 5 heteroatoms. The van der Waals surface area contributed by atoms with Crippen molar-refractivity contribution in [3.8, 4) is 0 Å². The lowest BCUT2D eigenvalue weighted by Gasteiger charge is -2.41. The number of amides is 1. The fourth-order valence-corrected chi connectivity index (χ4v) is 3.56. The average Bonchev–Trinajstić information content (AvgIpc) is 3.47. The molecule has 0 N–H and O–H groups in total. The molecule has 130 valence electrons. The smallest absolute Gasteiger partial charge is 0.257 e. The first kappa shape index (κ1) is 16.1. The number of piperazine rings is 1. The molecular weight excluding hydrogens is 312 g/mol. The van der Waals surface area contributed by atoms with Crippen molar-refractivity contribution in [2.45, 2.75) is 38.6 Å². The van der Waals surface area contributed by atoms with Crippen molar-refractivity contribution >= 4 is 11.6 Å². The fraction of sp³-hybridized carbons (Fsp3) is 0.450. The zero-order valence-corrected chi connectivity index (χ0v) is 14.9. The van der Waals surface area contributed by atoms with Gasteiger partial charge in [-0.2, -0.15) is 0 Å². The van der Waals surface area contributed by atoms with Crippen LogP contribution < -0.4 is 4.90 Å². The van der Waals surface area contributed by atoms with E-state index in [4.69, 9.17) is 0 Å². The van der Waals surface area contributed by atoms with E-state index in [-0.39, 0.29) is 11.9 Å². The summed E-state index contributed by atoms with van der Waals surface area (Å²) < 4.78 is 0. The predicted molar refractivity (Wildman–Crippen MR) is 97.9 cm³/mol. The molecule has 1 aromatic heterocycles. The van der Waals surface area contributed by atoms with Crippen LogP contribution in [0, 0.1) is 6.92 Å². The number of carbonyl (C=O) groups is 1. The number of aryl methyl sites for hydroxylation is 1. The van der Waals surface area contributed by atoms with E-state index in [2.05, 4.69) is 53.0 Å². The highest BCUT2D eigenvalue weighted by Gasteiger charge is 2.30. The van der Waals surface area contributed by atoms with Gasteiger partial charge >= 0.3 is 0 Å². The molecule has 4 rings (SSSR count). The van der Waals surface area contributed by atoms with E-state index in [9.17, 15) is 4.79 Å². The van der Waals surface area contributed by atoms with E-state index in [1.54, 1.807) is 12.4 Å². The van der Waals surface area contributed by atoms with E-state index in [0.717, 1.165) is 25.5 Å². The van der Waals surface area contributed by atoms with Gasteiger partial charge in [-0.3, -0.25) is 4.79 Å². The number of anilines is 1. The Morgan fingerprint density at radius 2 is 1.84 bits per heavy atom. The second-order valence-electron chi connectivity index (χ2n) is 7.18. The van der Waals surface area contributed by atoms with Crippen LogP contribution in [0.4, 0.5) is 5.69 Å². The van der Waals surface area contributed by atoms with Crippen LogP contribution >= 0.6 is 0 Å². The molecule has 2 fully saturated rings. The molecule has 2 aromatic rings. The third-order valence-corrected chi connectivity index (χ3v) is 5.21. The highest BCUT2D eigenvalue weighted by Crippen LogP contribution is 2.37. The maximum atomic E-state index is 12.8. The summed E-state index contributed by atoms with van der Waals surface area (Å²) in [6.07, 6.45) is 5.74. The van der Waals surface area contributed by atoms with Gasteiger partial charge in [-0.15, -0.1) is 0 Å². The number of benzene rings is 1. The largest absolute Gasteiger partial charge is 0.367 e. The van der Waals surface area contributed by atoms with Gasteiger partial charge < -0.3 is 9.80 Å². The highest BCUT2D eigenvalue weighted by molar-refractivity contribution is 5.94. The standard InChI is InChI=1S/C20H24N4O/c1-14-5-3-4-6-18(14)23-9-10-24(15(2)13-23)20(25)17-11-21-19(22-12-17)16-7-8-16/h3-6,11-12,15-16H,7-10,13H2,1-2H3/t15-/m0/s1. The average molecular weight is 336 g/mol. The SMILES string of the molecule is Cc1ccccc1N1CCN(C(=O)c2cnc(C3CC3)nc2)[C@@H](C)C1. The van der Waals surface area contributed by atoms with Gasteiger partial charge in [0.15, 0.2) is 0 Å². The first-order chi connectivity index (χ1) is 12.1. The van der Waals surface area contributed by atoms with Crippen molar-refractivity contribution in [3.63, 3.8) is 0 Å². The highest BCUT2D eigenvalue weighted by atomic mass is 16.2. The molecule has 0 spiro atoms. The maximum Gasteiger partial charge on any atom is 0.257 e. The summed E-state index contributed by atoms with van der Waals surface area (Å²) in [6, 6.07) is 8.58. The van der Waals surface area contributed by atoms with E-state index in [1.807, 2.05) is 4.90 Å². The van der Waals surface area contributed by atoms with Gasteiger partial charge in [0.05, 0.1) is 5.56 Å². The Balaban J connectivity index is 1.45. The van der Waals surface area contributed by atoms with Crippen LogP contribution in [0.5, 0.6) is 0 Å². The zero-order chi connectivity index (χ0) is 17.4. The van der Waals surface area contributed by atoms with Crippen molar-refractivity contribution < 1.29 is 4.79 Å². The summed E-state index contributed by atoms with van der Waals surface area (Å²) in [5.74, 6) is 1.44. The lowest BCUT2D eigenvalue weighted by molar-refractivity contribution is 0.0673. The molecule has 2 heterocycles. The Labute approximate surface area is 148 Å². The fourth-order valence-electron chi connectivity index (χ4n) is 3.56. The molecule has 1 aliphatic heterocycles. The van der Waals surface area contributed by atoms with Gasteiger partial charge in [-0.1, -0.05) is 18.2 Å². The van der Waals surface area contributed by atoms with E-state index in [1.165, 1.54) is 24.1 Å². The molecule has 0 unspecified atom stereocenters. The summed E-state index contributed by atoms with van der Waals surface area (Å²) in [7, 11) is 0. The van der Waals surface area contributed by atoms with Gasteiger partial charge in [0, 0.05) is 49.7 Å². The minimum absolute atomic E-state index is 0.0410. The van der Waals surface area contributed by atoms with Gasteiger partial charge in [0.2, 0.25) is 0 Å². The minimum atomic E-state index is 0.0410. The summed E-state index contributed by atoms with van der Waals surface area (Å²) in [4.78, 5) is 25.9. The molecule has 5 nitrogen and oxygen atoms in total. The van der Waals surface area contributed by atoms with Crippen LogP contribution in [0.25, 0.3) is 0 Å². The third kappa shape index (κ3) is 3.23. The first-order valence-electron chi connectivity index (χ1n) is 9.07. The maximum absolute atomic E-state index is 12.8. The summed E-state index contributed by atoms with van der Waals surface area (Å²) in [6.45, 7) is 6.66. The van der Waals surface area contributed by atoms with Crippen LogP contribution in [0.2, 0.25) is 0 Å². The Kier molecular flexibility index (Phi) is 4.15. The second kappa shape index (κ2) is 6.47. The number of hydrogen-bond donors (Lipinski definition) is 0. The van der Waals surface area contributed by atoms with Crippen LogP contribution in [-0.2, 0) is 0 Å². The van der Waals surface area contributed by atoms with Crippen LogP contribution in [0.15, 0.2) is 36.7 Å². The van der Waals surface area contributed by atoms with Crippen molar-refractivity contribution in [1.29, 1.82) is 0 Å². The van der Waals surface area contributed by atoms with Crippen molar-refractivity contribution in [2.75, 3.05) is 24.5 Å². The van der Waals surface area contributed by atoms with Gasteiger partial charge in [-0.05, 0) is 38.3 Å². The molecule has 1 saturated carbocycles. The van der Waals surface area contributed by atoms with Crippen LogP contribution in [0.3, 0.4) is 0 Å². The molecule has 0 bridgehead atoms. The molecule has 1 aromatic carbocycles. The third-order valence-electron chi connectivity index (χ3n) is 5.21. The summed E-state index contributed by atoms with van der Waals surface area (Å²) >= 11 is 0. The number of aromatic nitrogens is 2. The van der Waals surface area contributed by atoms with Crippen LogP contribution in [-0.4, -0.2) is 46.5 Å². The van der Waals surface area contributed by atoms with Crippen molar-refractivity contribution in [1.82, 2.24) is 14.9 Å².